The minimum atomic E-state index is -0.587. The number of rotatable bonds is 14. The predicted molar refractivity (Wildman–Crippen MR) is 156 cm³/mol. The first-order valence-electron chi connectivity index (χ1n) is 12.6. The van der Waals surface area contributed by atoms with Crippen molar-refractivity contribution < 1.29 is 24.2 Å². The number of hydrogen-bond acceptors (Lipinski definition) is 7. The maximum absolute atomic E-state index is 12.0. The third-order valence-electron chi connectivity index (χ3n) is 6.09. The van der Waals surface area contributed by atoms with Crippen LogP contribution in [0.15, 0.2) is 30.3 Å². The van der Waals surface area contributed by atoms with E-state index in [-0.39, 0.29) is 56.4 Å². The molecule has 10 heteroatoms. The molecular weight excluding hydrogens is 529 g/mol. The van der Waals surface area contributed by atoms with Crippen LogP contribution in [0.1, 0.15) is 66.8 Å². The Balaban J connectivity index is 0.00000684. The highest BCUT2D eigenvalue weighted by molar-refractivity contribution is 5.85. The molecule has 0 aliphatic heterocycles. The number of aryl methyl sites for hydroxylation is 2. The Hall–Kier alpha value is -2.52. The average Bonchev–Trinajstić information content (AvgIpc) is 2.83. The maximum Gasteiger partial charge on any atom is 0.344 e. The molecule has 0 spiro atoms. The summed E-state index contributed by atoms with van der Waals surface area (Å²) in [7, 11) is 0. The van der Waals surface area contributed by atoms with Crippen molar-refractivity contribution in [2.45, 2.75) is 65.3 Å². The number of amides is 1. The summed E-state index contributed by atoms with van der Waals surface area (Å²) < 4.78 is 10.8. The molecule has 2 rings (SSSR count). The van der Waals surface area contributed by atoms with E-state index in [1.54, 1.807) is 6.07 Å². The Morgan fingerprint density at radius 3 is 2.32 bits per heavy atom. The smallest absolute Gasteiger partial charge is 0.344 e. The molecule has 0 unspecified atom stereocenters. The van der Waals surface area contributed by atoms with Crippen LogP contribution in [-0.2, 0) is 20.7 Å². The highest BCUT2D eigenvalue weighted by atomic mass is 35.5. The molecule has 2 aromatic carbocycles. The van der Waals surface area contributed by atoms with Crippen LogP contribution in [0, 0.1) is 13.8 Å². The van der Waals surface area contributed by atoms with Gasteiger partial charge in [-0.1, -0.05) is 32.4 Å². The van der Waals surface area contributed by atoms with Crippen molar-refractivity contribution in [3.05, 3.63) is 58.1 Å². The van der Waals surface area contributed by atoms with E-state index in [4.69, 9.17) is 20.9 Å². The Bertz CT molecular complexity index is 1010. The topological polar surface area (TPSA) is 137 Å². The predicted octanol–water partition coefficient (Wildman–Crippen LogP) is 4.06. The van der Waals surface area contributed by atoms with E-state index in [1.165, 1.54) is 5.56 Å². The third kappa shape index (κ3) is 11.5. The van der Waals surface area contributed by atoms with Crippen molar-refractivity contribution in [2.24, 2.45) is 11.5 Å². The van der Waals surface area contributed by atoms with Crippen LogP contribution in [0.2, 0.25) is 0 Å². The molecule has 214 valence electrons. The van der Waals surface area contributed by atoms with Crippen molar-refractivity contribution in [3.8, 4) is 11.5 Å². The van der Waals surface area contributed by atoms with Crippen molar-refractivity contribution in [1.82, 2.24) is 5.32 Å². The minimum Gasteiger partial charge on any atom is -0.508 e. The summed E-state index contributed by atoms with van der Waals surface area (Å²) in [6.45, 7) is 8.74. The van der Waals surface area contributed by atoms with Gasteiger partial charge in [0, 0.05) is 0 Å². The summed E-state index contributed by atoms with van der Waals surface area (Å²) in [6, 6.07) is 8.98. The lowest BCUT2D eigenvalue weighted by Crippen LogP contribution is -2.42. The molecule has 0 aliphatic carbocycles. The Labute approximate surface area is 238 Å². The molecule has 0 fully saturated rings. The Kier molecular flexibility index (Phi) is 16.7. The number of nitrogens with two attached hydrogens (primary N) is 2. The van der Waals surface area contributed by atoms with E-state index in [1.807, 2.05) is 32.0 Å². The monoisotopic (exact) mass is 571 g/mol. The molecule has 0 aromatic heterocycles. The summed E-state index contributed by atoms with van der Waals surface area (Å²) in [4.78, 5) is 24.0. The lowest BCUT2D eigenvalue weighted by molar-refractivity contribution is -0.146. The molecule has 2 aromatic rings. The molecule has 0 heterocycles. The molecule has 0 aliphatic rings. The van der Waals surface area contributed by atoms with Crippen LogP contribution in [0.3, 0.4) is 0 Å². The standard InChI is InChI=1S/C28H41N3O5.2ClH/c1-18(2)23-15-21(8-9-26(23)32)16-24-19(3)13-22(14-20(24)4)36-17-27(33)35-12-11-31-28(34)25(30)7-5-6-10-29;;/h8-9,13-15,18,25,32H,5-7,10-12,16-17,29-30H2,1-4H3,(H,31,34);2*1H/t25-;;/m0../s1. The van der Waals surface area contributed by atoms with E-state index in [2.05, 4.69) is 25.2 Å². The first-order valence-corrected chi connectivity index (χ1v) is 12.6. The number of hydrogen-bond donors (Lipinski definition) is 4. The number of benzene rings is 2. The zero-order valence-electron chi connectivity index (χ0n) is 22.7. The molecule has 38 heavy (non-hydrogen) atoms. The van der Waals surface area contributed by atoms with Crippen LogP contribution in [0.25, 0.3) is 0 Å². The van der Waals surface area contributed by atoms with Gasteiger partial charge >= 0.3 is 5.97 Å². The number of esters is 1. The quantitative estimate of drug-likeness (QED) is 0.198. The van der Waals surface area contributed by atoms with E-state index in [9.17, 15) is 14.7 Å². The number of aromatic hydroxyl groups is 1. The van der Waals surface area contributed by atoms with Crippen LogP contribution < -0.4 is 21.5 Å². The SMILES string of the molecule is Cc1cc(OCC(=O)OCCNC(=O)[C@@H](N)CCCCN)cc(C)c1Cc1ccc(O)c(C(C)C)c1.Cl.Cl. The summed E-state index contributed by atoms with van der Waals surface area (Å²) in [5.41, 5.74) is 16.6. The van der Waals surface area contributed by atoms with Gasteiger partial charge in [-0.3, -0.25) is 4.79 Å². The van der Waals surface area contributed by atoms with Gasteiger partial charge < -0.3 is 31.4 Å². The number of nitrogens with one attached hydrogen (secondary N) is 1. The largest absolute Gasteiger partial charge is 0.508 e. The Morgan fingerprint density at radius 1 is 1.05 bits per heavy atom. The minimum absolute atomic E-state index is 0. The van der Waals surface area contributed by atoms with Gasteiger partial charge in [-0.15, -0.1) is 24.8 Å². The van der Waals surface area contributed by atoms with E-state index in [0.29, 0.717) is 24.5 Å². The van der Waals surface area contributed by atoms with Crippen molar-refractivity contribution in [2.75, 3.05) is 26.3 Å². The lowest BCUT2D eigenvalue weighted by atomic mass is 9.93. The van der Waals surface area contributed by atoms with Crippen LogP contribution in [-0.4, -0.2) is 49.3 Å². The third-order valence-corrected chi connectivity index (χ3v) is 6.09. The van der Waals surface area contributed by atoms with Crippen molar-refractivity contribution in [3.63, 3.8) is 0 Å². The molecule has 1 amide bonds. The number of ether oxygens (including phenoxy) is 2. The highest BCUT2D eigenvalue weighted by Crippen LogP contribution is 2.29. The van der Waals surface area contributed by atoms with Crippen LogP contribution >= 0.6 is 24.8 Å². The summed E-state index contributed by atoms with van der Waals surface area (Å²) in [5, 5.41) is 12.8. The zero-order chi connectivity index (χ0) is 26.7. The van der Waals surface area contributed by atoms with Gasteiger partial charge in [0.05, 0.1) is 12.6 Å². The van der Waals surface area contributed by atoms with Gasteiger partial charge in [-0.05, 0) is 91.6 Å². The number of phenolic OH excluding ortho intramolecular Hbond substituents is 1. The summed E-state index contributed by atoms with van der Waals surface area (Å²) in [6.07, 6.45) is 2.94. The fourth-order valence-electron chi connectivity index (χ4n) is 3.99. The molecule has 8 nitrogen and oxygen atoms in total. The molecule has 0 saturated carbocycles. The second-order valence-electron chi connectivity index (χ2n) is 9.45. The van der Waals surface area contributed by atoms with Gasteiger partial charge in [0.25, 0.3) is 0 Å². The summed E-state index contributed by atoms with van der Waals surface area (Å²) >= 11 is 0. The van der Waals surface area contributed by atoms with Gasteiger partial charge in [-0.2, -0.15) is 0 Å². The number of phenols is 1. The number of halogens is 2. The first kappa shape index (κ1) is 35.5. The van der Waals surface area contributed by atoms with Gasteiger partial charge in [0.15, 0.2) is 6.61 Å². The van der Waals surface area contributed by atoms with Gasteiger partial charge in [-0.25, -0.2) is 4.79 Å². The summed E-state index contributed by atoms with van der Waals surface area (Å²) in [5.74, 6) is 0.375. The van der Waals surface area contributed by atoms with E-state index >= 15 is 0 Å². The number of carbonyl (C=O) groups excluding carboxylic acids is 2. The fourth-order valence-corrected chi connectivity index (χ4v) is 3.99. The second kappa shape index (κ2) is 17.9. The van der Waals surface area contributed by atoms with Crippen molar-refractivity contribution >= 4 is 36.7 Å². The zero-order valence-corrected chi connectivity index (χ0v) is 24.4. The van der Waals surface area contributed by atoms with Gasteiger partial charge in [0.2, 0.25) is 5.91 Å². The molecule has 1 atom stereocenters. The average molecular weight is 573 g/mol. The van der Waals surface area contributed by atoms with Crippen LogP contribution in [0.4, 0.5) is 0 Å². The highest BCUT2D eigenvalue weighted by Gasteiger charge is 2.14. The van der Waals surface area contributed by atoms with Crippen LogP contribution in [0.5, 0.6) is 11.5 Å². The first-order chi connectivity index (χ1) is 17.1. The normalized spacial score (nSPS) is 11.2. The Morgan fingerprint density at radius 2 is 1.71 bits per heavy atom. The van der Waals surface area contributed by atoms with Crippen molar-refractivity contribution in [1.29, 1.82) is 0 Å². The van der Waals surface area contributed by atoms with E-state index in [0.717, 1.165) is 41.5 Å². The molecule has 6 N–H and O–H groups in total. The van der Waals surface area contributed by atoms with E-state index < -0.39 is 12.0 Å². The maximum atomic E-state index is 12.0. The number of carbonyl (C=O) groups is 2. The lowest BCUT2D eigenvalue weighted by Gasteiger charge is -2.15. The molecule has 0 radical (unpaired) electrons. The molecular formula is C28H43Cl2N3O5. The van der Waals surface area contributed by atoms with Gasteiger partial charge in [0.1, 0.15) is 18.1 Å². The molecule has 0 saturated heterocycles. The fraction of sp³-hybridized carbons (Fsp3) is 0.500. The number of unbranched alkanes of at least 4 members (excludes halogenated alkanes) is 1. The second-order valence-corrected chi connectivity index (χ2v) is 9.45. The molecule has 0 bridgehead atoms.